The molecule has 6 rings (SSSR count). The molecular formula is C33H33N3O6. The number of carbonyl (C=O) groups excluding carboxylic acids is 3. The van der Waals surface area contributed by atoms with Gasteiger partial charge in [0.05, 0.1) is 11.6 Å². The smallest absolute Gasteiger partial charge is 0.410 e. The third-order valence-electron chi connectivity index (χ3n) is 8.38. The molecule has 0 saturated carbocycles. The van der Waals surface area contributed by atoms with Gasteiger partial charge in [0.15, 0.2) is 5.41 Å². The number of carbonyl (C=O) groups is 4. The van der Waals surface area contributed by atoms with Gasteiger partial charge in [0.2, 0.25) is 5.91 Å². The van der Waals surface area contributed by atoms with E-state index in [1.54, 1.807) is 48.8 Å². The summed E-state index contributed by atoms with van der Waals surface area (Å²) in [6.45, 7) is 6.15. The summed E-state index contributed by atoms with van der Waals surface area (Å²) in [5, 5.41) is 13.1. The molecule has 3 amide bonds. The number of benzene rings is 3. The number of rotatable bonds is 5. The maximum Gasteiger partial charge on any atom is 0.410 e. The second kappa shape index (κ2) is 10.0. The number of amides is 3. The van der Waals surface area contributed by atoms with Crippen molar-refractivity contribution in [1.82, 2.24) is 4.90 Å². The minimum atomic E-state index is -1.50. The summed E-state index contributed by atoms with van der Waals surface area (Å²) < 4.78 is 5.48. The maximum absolute atomic E-state index is 14.3. The Bertz CT molecular complexity index is 1610. The third-order valence-corrected chi connectivity index (χ3v) is 8.38. The minimum absolute atomic E-state index is 0.230. The number of carboxylic acid groups (broad SMARTS) is 1. The van der Waals surface area contributed by atoms with Gasteiger partial charge >= 0.3 is 12.1 Å². The summed E-state index contributed by atoms with van der Waals surface area (Å²) in [6.07, 6.45) is 0.354. The van der Waals surface area contributed by atoms with Crippen molar-refractivity contribution in [3.8, 4) is 0 Å². The molecule has 0 bridgehead atoms. The predicted octanol–water partition coefficient (Wildman–Crippen LogP) is 5.10. The number of para-hydroxylation sites is 2. The van der Waals surface area contributed by atoms with E-state index < -0.39 is 29.0 Å². The highest BCUT2D eigenvalue weighted by Crippen LogP contribution is 2.53. The standard InChI is InChI=1S/C33H33N3O6/c1-32(2,3)42-31(41)35-16-15-21(19-35)23(28(37)38)18-20-9-8-10-22(17-20)36-27-14-7-5-12-25(27)33(30(36)40)24-11-4-6-13-26(24)34-29(33)39/h4-14,17,21,23H,15-16,18-19H2,1-3H3,(H,34,39)(H,37,38)/t21-,23-,33?/m0/s1. The minimum Gasteiger partial charge on any atom is -0.481 e. The van der Waals surface area contributed by atoms with Crippen LogP contribution in [0.3, 0.4) is 0 Å². The van der Waals surface area contributed by atoms with Crippen LogP contribution in [-0.4, -0.2) is 52.6 Å². The zero-order valence-electron chi connectivity index (χ0n) is 23.8. The van der Waals surface area contributed by atoms with E-state index in [0.29, 0.717) is 47.7 Å². The SMILES string of the molecule is CC(C)(C)OC(=O)N1CC[C@H]([C@H](Cc2cccc(N3C(=O)C4(C(=O)Nc5ccccc54)c4ccccc43)c2)C(=O)O)C1. The highest BCUT2D eigenvalue weighted by Gasteiger charge is 2.61. The van der Waals surface area contributed by atoms with E-state index in [4.69, 9.17) is 4.74 Å². The first-order chi connectivity index (χ1) is 20.0. The van der Waals surface area contributed by atoms with Gasteiger partial charge in [0.25, 0.3) is 5.91 Å². The summed E-state index contributed by atoms with van der Waals surface area (Å²) in [4.78, 5) is 56.0. The van der Waals surface area contributed by atoms with Crippen LogP contribution in [0.5, 0.6) is 0 Å². The van der Waals surface area contributed by atoms with Gasteiger partial charge in [0.1, 0.15) is 5.60 Å². The van der Waals surface area contributed by atoms with Crippen LogP contribution in [0.2, 0.25) is 0 Å². The number of hydrogen-bond acceptors (Lipinski definition) is 5. The van der Waals surface area contributed by atoms with Crippen LogP contribution >= 0.6 is 0 Å². The molecule has 3 heterocycles. The molecule has 0 aliphatic carbocycles. The fraction of sp³-hybridized carbons (Fsp3) is 0.333. The number of aliphatic carboxylic acids is 1. The first-order valence-electron chi connectivity index (χ1n) is 14.2. The van der Waals surface area contributed by atoms with E-state index in [2.05, 4.69) is 5.32 Å². The lowest BCUT2D eigenvalue weighted by Gasteiger charge is -2.25. The summed E-state index contributed by atoms with van der Waals surface area (Å²) in [7, 11) is 0. The van der Waals surface area contributed by atoms with E-state index >= 15 is 0 Å². The Hall–Kier alpha value is -4.66. The Labute approximate surface area is 244 Å². The predicted molar refractivity (Wildman–Crippen MR) is 157 cm³/mol. The second-order valence-corrected chi connectivity index (χ2v) is 12.2. The number of carboxylic acids is 1. The van der Waals surface area contributed by atoms with Crippen LogP contribution in [-0.2, 0) is 31.0 Å². The Morgan fingerprint density at radius 2 is 1.74 bits per heavy atom. The number of hydrogen-bond donors (Lipinski definition) is 2. The van der Waals surface area contributed by atoms with Gasteiger partial charge in [-0.25, -0.2) is 4.79 Å². The molecule has 3 aliphatic heterocycles. The number of likely N-dealkylation sites (tertiary alicyclic amines) is 1. The van der Waals surface area contributed by atoms with Crippen molar-refractivity contribution in [3.63, 3.8) is 0 Å². The van der Waals surface area contributed by atoms with Crippen LogP contribution in [0.25, 0.3) is 0 Å². The number of anilines is 3. The fourth-order valence-corrected chi connectivity index (χ4v) is 6.51. The van der Waals surface area contributed by atoms with Gasteiger partial charge in [-0.3, -0.25) is 19.3 Å². The molecular weight excluding hydrogens is 534 g/mol. The Morgan fingerprint density at radius 1 is 1.02 bits per heavy atom. The molecule has 42 heavy (non-hydrogen) atoms. The van der Waals surface area contributed by atoms with Gasteiger partial charge in [-0.05, 0) is 69.4 Å². The molecule has 1 spiro atoms. The molecule has 1 saturated heterocycles. The molecule has 1 fully saturated rings. The molecule has 3 aromatic carbocycles. The van der Waals surface area contributed by atoms with Crippen LogP contribution in [0.4, 0.5) is 21.9 Å². The van der Waals surface area contributed by atoms with Crippen LogP contribution in [0.15, 0.2) is 72.8 Å². The number of nitrogens with one attached hydrogen (secondary N) is 1. The zero-order valence-corrected chi connectivity index (χ0v) is 23.8. The van der Waals surface area contributed by atoms with Crippen LogP contribution in [0, 0.1) is 11.8 Å². The third kappa shape index (κ3) is 4.40. The van der Waals surface area contributed by atoms with Gasteiger partial charge in [0, 0.05) is 35.6 Å². The Morgan fingerprint density at radius 3 is 2.48 bits per heavy atom. The maximum atomic E-state index is 14.3. The van der Waals surface area contributed by atoms with Crippen molar-refractivity contribution in [3.05, 3.63) is 89.5 Å². The van der Waals surface area contributed by atoms with E-state index in [1.165, 1.54) is 0 Å². The second-order valence-electron chi connectivity index (χ2n) is 12.2. The lowest BCUT2D eigenvalue weighted by Crippen LogP contribution is -2.44. The molecule has 0 aromatic heterocycles. The van der Waals surface area contributed by atoms with E-state index in [-0.39, 0.29) is 24.2 Å². The summed E-state index contributed by atoms with van der Waals surface area (Å²) in [6, 6.07) is 21.8. The molecule has 2 N–H and O–H groups in total. The monoisotopic (exact) mass is 567 g/mol. The quantitative estimate of drug-likeness (QED) is 0.415. The highest BCUT2D eigenvalue weighted by atomic mass is 16.6. The van der Waals surface area contributed by atoms with E-state index in [0.717, 1.165) is 5.56 Å². The fourth-order valence-electron chi connectivity index (χ4n) is 6.51. The van der Waals surface area contributed by atoms with Crippen molar-refractivity contribution >= 4 is 40.9 Å². The van der Waals surface area contributed by atoms with Crippen molar-refractivity contribution in [2.24, 2.45) is 11.8 Å². The van der Waals surface area contributed by atoms with Gasteiger partial charge in [-0.15, -0.1) is 0 Å². The van der Waals surface area contributed by atoms with Gasteiger partial charge < -0.3 is 20.1 Å². The zero-order chi connectivity index (χ0) is 29.8. The molecule has 3 atom stereocenters. The van der Waals surface area contributed by atoms with E-state index in [1.807, 2.05) is 54.6 Å². The molecule has 0 radical (unpaired) electrons. The lowest BCUT2D eigenvalue weighted by atomic mass is 9.76. The summed E-state index contributed by atoms with van der Waals surface area (Å²) in [5.74, 6) is -2.66. The molecule has 9 nitrogen and oxygen atoms in total. The van der Waals surface area contributed by atoms with E-state index in [9.17, 15) is 24.3 Å². The Kier molecular flexibility index (Phi) is 6.55. The average molecular weight is 568 g/mol. The topological polar surface area (TPSA) is 116 Å². The largest absolute Gasteiger partial charge is 0.481 e. The molecule has 9 heteroatoms. The van der Waals surface area contributed by atoms with Crippen LogP contribution < -0.4 is 10.2 Å². The first-order valence-corrected chi connectivity index (χ1v) is 14.2. The molecule has 3 aliphatic rings. The van der Waals surface area contributed by atoms with Crippen molar-refractivity contribution in [1.29, 1.82) is 0 Å². The van der Waals surface area contributed by atoms with Crippen molar-refractivity contribution < 1.29 is 29.0 Å². The lowest BCUT2D eigenvalue weighted by molar-refractivity contribution is -0.143. The normalized spacial score (nSPS) is 21.7. The van der Waals surface area contributed by atoms with Gasteiger partial charge in [-0.2, -0.15) is 0 Å². The molecule has 216 valence electrons. The molecule has 3 aromatic rings. The van der Waals surface area contributed by atoms with Crippen molar-refractivity contribution in [2.75, 3.05) is 23.3 Å². The van der Waals surface area contributed by atoms with Gasteiger partial charge in [-0.1, -0.05) is 48.5 Å². The Balaban J connectivity index is 1.29. The number of ether oxygens (including phenoxy) is 1. The number of nitrogens with zero attached hydrogens (tertiary/aromatic N) is 2. The summed E-state index contributed by atoms with van der Waals surface area (Å²) in [5.41, 5.74) is 1.64. The van der Waals surface area contributed by atoms with Crippen molar-refractivity contribution in [2.45, 2.75) is 44.6 Å². The number of fused-ring (bicyclic) bond motifs is 4. The first kappa shape index (κ1) is 27.5. The average Bonchev–Trinajstić information content (AvgIpc) is 3.61. The highest BCUT2D eigenvalue weighted by molar-refractivity contribution is 6.32. The summed E-state index contributed by atoms with van der Waals surface area (Å²) >= 11 is 0. The van der Waals surface area contributed by atoms with Crippen LogP contribution in [0.1, 0.15) is 43.9 Å². The molecule has 1 unspecified atom stereocenters.